The summed E-state index contributed by atoms with van der Waals surface area (Å²) in [5.74, 6) is 0.825. The third kappa shape index (κ3) is 3.40. The maximum Gasteiger partial charge on any atom is 0.315 e. The van der Waals surface area contributed by atoms with E-state index in [0.717, 1.165) is 0 Å². The normalized spacial score (nSPS) is 10.9. The zero-order valence-corrected chi connectivity index (χ0v) is 15.5. The van der Waals surface area contributed by atoms with Gasteiger partial charge in [0, 0.05) is 11.6 Å². The molecule has 26 heavy (non-hydrogen) atoms. The van der Waals surface area contributed by atoms with Crippen molar-refractivity contribution >= 4 is 39.9 Å². The van der Waals surface area contributed by atoms with Crippen LogP contribution in [0.5, 0.6) is 11.5 Å². The van der Waals surface area contributed by atoms with Gasteiger partial charge in [-0.05, 0) is 32.0 Å². The van der Waals surface area contributed by atoms with Crippen LogP contribution in [0.4, 0.5) is 5.69 Å². The van der Waals surface area contributed by atoms with Crippen LogP contribution in [-0.2, 0) is 0 Å². The van der Waals surface area contributed by atoms with Gasteiger partial charge in [-0.15, -0.1) is 0 Å². The standard InChI is InChI=1S/C17H15Cl2N3O4/c1-3-25-15-6-9(5-14(22(23)24)16(15)26-4-2)17-20-12-7-10(18)11(19)8-13(12)21-17/h5-8H,3-4H2,1-2H3,(H,20,21). The van der Waals surface area contributed by atoms with Gasteiger partial charge in [0.15, 0.2) is 5.75 Å². The molecule has 9 heteroatoms. The third-order valence-corrected chi connectivity index (χ3v) is 4.34. The summed E-state index contributed by atoms with van der Waals surface area (Å²) >= 11 is 12.0. The summed E-state index contributed by atoms with van der Waals surface area (Å²) in [6, 6.07) is 6.34. The summed E-state index contributed by atoms with van der Waals surface area (Å²) < 4.78 is 11.0. The number of nitro benzene ring substituents is 1. The predicted molar refractivity (Wildman–Crippen MR) is 101 cm³/mol. The Morgan fingerprint density at radius 3 is 2.46 bits per heavy atom. The molecule has 0 aliphatic rings. The maximum absolute atomic E-state index is 11.5. The molecule has 3 aromatic rings. The van der Waals surface area contributed by atoms with Crippen molar-refractivity contribution < 1.29 is 14.4 Å². The minimum atomic E-state index is -0.507. The number of nitrogens with zero attached hydrogens (tertiary/aromatic N) is 2. The number of halogens is 2. The Bertz CT molecular complexity index is 949. The van der Waals surface area contributed by atoms with Crippen molar-refractivity contribution in [2.45, 2.75) is 13.8 Å². The van der Waals surface area contributed by atoms with Crippen molar-refractivity contribution in [1.82, 2.24) is 9.97 Å². The van der Waals surface area contributed by atoms with E-state index < -0.39 is 4.92 Å². The highest BCUT2D eigenvalue weighted by molar-refractivity contribution is 6.42. The number of aromatic nitrogens is 2. The summed E-state index contributed by atoms with van der Waals surface area (Å²) in [6.07, 6.45) is 0. The number of imidazole rings is 1. The number of fused-ring (bicyclic) bond motifs is 1. The number of nitrogens with one attached hydrogen (secondary N) is 1. The molecule has 136 valence electrons. The highest BCUT2D eigenvalue weighted by Gasteiger charge is 2.24. The molecular formula is C17H15Cl2N3O4. The number of H-pyrrole nitrogens is 1. The Kier molecular flexibility index (Phi) is 5.20. The molecule has 1 aromatic heterocycles. The van der Waals surface area contributed by atoms with E-state index in [2.05, 4.69) is 9.97 Å². The van der Waals surface area contributed by atoms with Gasteiger partial charge in [-0.3, -0.25) is 10.1 Å². The zero-order chi connectivity index (χ0) is 18.8. The molecule has 1 heterocycles. The van der Waals surface area contributed by atoms with Crippen molar-refractivity contribution in [2.24, 2.45) is 0 Å². The van der Waals surface area contributed by atoms with Crippen LogP contribution >= 0.6 is 23.2 Å². The fraction of sp³-hybridized carbons (Fsp3) is 0.235. The van der Waals surface area contributed by atoms with Crippen molar-refractivity contribution in [3.63, 3.8) is 0 Å². The maximum atomic E-state index is 11.5. The molecule has 0 saturated carbocycles. The molecule has 3 rings (SSSR count). The van der Waals surface area contributed by atoms with E-state index in [1.807, 2.05) is 0 Å². The molecule has 7 nitrogen and oxygen atoms in total. The van der Waals surface area contributed by atoms with Crippen molar-refractivity contribution in [1.29, 1.82) is 0 Å². The Hall–Kier alpha value is -2.51. The van der Waals surface area contributed by atoms with E-state index in [9.17, 15) is 10.1 Å². The molecule has 0 fully saturated rings. The number of hydrogen-bond acceptors (Lipinski definition) is 5. The van der Waals surface area contributed by atoms with Gasteiger partial charge in [-0.2, -0.15) is 0 Å². The summed E-state index contributed by atoms with van der Waals surface area (Å²) in [6.45, 7) is 4.16. The van der Waals surface area contributed by atoms with Crippen molar-refractivity contribution in [3.8, 4) is 22.9 Å². The number of benzene rings is 2. The molecule has 0 aliphatic carbocycles. The van der Waals surface area contributed by atoms with E-state index in [1.54, 1.807) is 32.0 Å². The number of hydrogen-bond donors (Lipinski definition) is 1. The summed E-state index contributed by atoms with van der Waals surface area (Å²) in [5, 5.41) is 12.3. The fourth-order valence-corrected chi connectivity index (χ4v) is 2.88. The van der Waals surface area contributed by atoms with Gasteiger partial charge in [-0.1, -0.05) is 23.2 Å². The molecule has 0 atom stereocenters. The zero-order valence-electron chi connectivity index (χ0n) is 14.0. The Balaban J connectivity index is 2.19. The lowest BCUT2D eigenvalue weighted by Crippen LogP contribution is -2.03. The fourth-order valence-electron chi connectivity index (χ4n) is 2.55. The van der Waals surface area contributed by atoms with Crippen LogP contribution in [0.1, 0.15) is 13.8 Å². The van der Waals surface area contributed by atoms with Gasteiger partial charge in [0.05, 0.1) is 39.2 Å². The largest absolute Gasteiger partial charge is 0.490 e. The van der Waals surface area contributed by atoms with Gasteiger partial charge in [-0.25, -0.2) is 4.98 Å². The van der Waals surface area contributed by atoms with E-state index >= 15 is 0 Å². The monoisotopic (exact) mass is 395 g/mol. The van der Waals surface area contributed by atoms with E-state index in [4.69, 9.17) is 32.7 Å². The minimum Gasteiger partial charge on any atom is -0.490 e. The third-order valence-electron chi connectivity index (χ3n) is 3.62. The number of ether oxygens (including phenoxy) is 2. The highest BCUT2D eigenvalue weighted by Crippen LogP contribution is 2.41. The van der Waals surface area contributed by atoms with Crippen LogP contribution in [0.25, 0.3) is 22.4 Å². The van der Waals surface area contributed by atoms with Gasteiger partial charge in [0.1, 0.15) is 5.82 Å². The Morgan fingerprint density at radius 2 is 1.81 bits per heavy atom. The molecule has 1 N–H and O–H groups in total. The first-order chi connectivity index (χ1) is 12.4. The van der Waals surface area contributed by atoms with Crippen LogP contribution in [0.2, 0.25) is 10.0 Å². The highest BCUT2D eigenvalue weighted by atomic mass is 35.5. The second-order valence-electron chi connectivity index (χ2n) is 5.31. The van der Waals surface area contributed by atoms with Crippen LogP contribution in [0.3, 0.4) is 0 Å². The average molecular weight is 396 g/mol. The lowest BCUT2D eigenvalue weighted by atomic mass is 10.1. The first-order valence-corrected chi connectivity index (χ1v) is 8.63. The molecule has 0 amide bonds. The second-order valence-corrected chi connectivity index (χ2v) is 6.13. The van der Waals surface area contributed by atoms with Crippen LogP contribution in [0, 0.1) is 10.1 Å². The van der Waals surface area contributed by atoms with Crippen molar-refractivity contribution in [2.75, 3.05) is 13.2 Å². The smallest absolute Gasteiger partial charge is 0.315 e. The number of nitro groups is 1. The molecule has 0 radical (unpaired) electrons. The summed E-state index contributed by atoms with van der Waals surface area (Å²) in [5.41, 5.74) is 1.57. The van der Waals surface area contributed by atoms with Gasteiger partial charge < -0.3 is 14.5 Å². The second kappa shape index (κ2) is 7.39. The van der Waals surface area contributed by atoms with Gasteiger partial charge in [0.25, 0.3) is 0 Å². The van der Waals surface area contributed by atoms with E-state index in [-0.39, 0.29) is 23.8 Å². The van der Waals surface area contributed by atoms with E-state index in [0.29, 0.717) is 39.1 Å². The van der Waals surface area contributed by atoms with Crippen LogP contribution in [-0.4, -0.2) is 28.1 Å². The van der Waals surface area contributed by atoms with Crippen LogP contribution in [0.15, 0.2) is 24.3 Å². The minimum absolute atomic E-state index is 0.102. The SMILES string of the molecule is CCOc1cc(-c2nc3cc(Cl)c(Cl)cc3[nH]2)cc([N+](=O)[O-])c1OCC. The topological polar surface area (TPSA) is 90.3 Å². The molecule has 0 spiro atoms. The first kappa shape index (κ1) is 18.3. The van der Waals surface area contributed by atoms with Crippen molar-refractivity contribution in [3.05, 3.63) is 44.4 Å². The lowest BCUT2D eigenvalue weighted by molar-refractivity contribution is -0.385. The first-order valence-electron chi connectivity index (χ1n) is 7.87. The van der Waals surface area contributed by atoms with Gasteiger partial charge in [0.2, 0.25) is 5.75 Å². The molecular weight excluding hydrogens is 381 g/mol. The van der Waals surface area contributed by atoms with E-state index in [1.165, 1.54) is 6.07 Å². The number of aromatic amines is 1. The summed E-state index contributed by atoms with van der Waals surface area (Å²) in [7, 11) is 0. The Morgan fingerprint density at radius 1 is 1.12 bits per heavy atom. The molecule has 0 bridgehead atoms. The average Bonchev–Trinajstić information content (AvgIpc) is 2.99. The predicted octanol–water partition coefficient (Wildman–Crippen LogP) is 5.24. The lowest BCUT2D eigenvalue weighted by Gasteiger charge is -2.12. The summed E-state index contributed by atoms with van der Waals surface area (Å²) in [4.78, 5) is 18.5. The molecule has 0 saturated heterocycles. The van der Waals surface area contributed by atoms with Crippen LogP contribution < -0.4 is 9.47 Å². The quantitative estimate of drug-likeness (QED) is 0.454. The molecule has 0 unspecified atom stereocenters. The Labute approximate surface area is 159 Å². The molecule has 2 aromatic carbocycles. The van der Waals surface area contributed by atoms with Gasteiger partial charge >= 0.3 is 5.69 Å². The number of rotatable bonds is 6. The molecule has 0 aliphatic heterocycles.